The van der Waals surface area contributed by atoms with Gasteiger partial charge in [0.15, 0.2) is 5.65 Å². The summed E-state index contributed by atoms with van der Waals surface area (Å²) in [6, 6.07) is 23.5. The minimum atomic E-state index is -0.605. The molecule has 17 heteroatoms. The predicted molar refractivity (Wildman–Crippen MR) is 262 cm³/mol. The van der Waals surface area contributed by atoms with Crippen molar-refractivity contribution >= 4 is 46.3 Å². The van der Waals surface area contributed by atoms with Crippen molar-refractivity contribution in [1.29, 1.82) is 0 Å². The molecule has 0 radical (unpaired) electrons. The second-order valence-electron chi connectivity index (χ2n) is 19.9. The lowest BCUT2D eigenvalue weighted by atomic mass is 9.94. The van der Waals surface area contributed by atoms with Crippen LogP contribution >= 0.6 is 0 Å². The Morgan fingerprint density at radius 3 is 2.14 bits per heavy atom. The van der Waals surface area contributed by atoms with Crippen LogP contribution in [0.4, 0.5) is 16.3 Å². The Bertz CT molecular complexity index is 2690. The lowest BCUT2D eigenvalue weighted by Gasteiger charge is -2.42. The van der Waals surface area contributed by atoms with Gasteiger partial charge in [-0.05, 0) is 123 Å². The summed E-state index contributed by atoms with van der Waals surface area (Å²) >= 11 is 0. The van der Waals surface area contributed by atoms with E-state index in [4.69, 9.17) is 20.6 Å². The van der Waals surface area contributed by atoms with Gasteiger partial charge in [-0.1, -0.05) is 18.2 Å². The molecule has 5 amide bonds. The number of anilines is 2. The molecule has 3 N–H and O–H groups in total. The molecule has 6 aliphatic rings. The summed E-state index contributed by atoms with van der Waals surface area (Å²) in [6.45, 7) is 11.4. The molecule has 11 rings (SSSR count). The zero-order chi connectivity index (χ0) is 47.0. The van der Waals surface area contributed by atoms with E-state index in [0.29, 0.717) is 36.2 Å². The molecule has 5 saturated heterocycles. The van der Waals surface area contributed by atoms with Crippen molar-refractivity contribution in [3.8, 4) is 22.8 Å². The number of carbonyl (C=O) groups is 4. The van der Waals surface area contributed by atoms with Gasteiger partial charge in [-0.2, -0.15) is 5.10 Å². The van der Waals surface area contributed by atoms with Gasteiger partial charge in [-0.25, -0.2) is 19.4 Å². The number of nitrogen functional groups attached to an aromatic ring is 1. The second kappa shape index (κ2) is 19.4. The highest BCUT2D eigenvalue weighted by molar-refractivity contribution is 6.05. The topological polar surface area (TPSA) is 179 Å². The largest absolute Gasteiger partial charge is 0.457 e. The van der Waals surface area contributed by atoms with Gasteiger partial charge in [0.1, 0.15) is 35.4 Å². The molecule has 17 nitrogen and oxygen atoms in total. The average molecular weight is 935 g/mol. The number of imide groups is 1. The number of piperazine rings is 1. The van der Waals surface area contributed by atoms with E-state index < -0.39 is 6.04 Å². The van der Waals surface area contributed by atoms with Crippen molar-refractivity contribution in [2.24, 2.45) is 11.8 Å². The molecule has 5 fully saturated rings. The van der Waals surface area contributed by atoms with E-state index in [2.05, 4.69) is 45.5 Å². The summed E-state index contributed by atoms with van der Waals surface area (Å²) in [7, 11) is 0. The number of ether oxygens (including phenoxy) is 1. The van der Waals surface area contributed by atoms with Crippen LogP contribution in [0.15, 0.2) is 79.1 Å². The molecule has 69 heavy (non-hydrogen) atoms. The fraction of sp³-hybridized carbons (Fsp3) is 0.481. The Labute approximate surface area is 402 Å². The average Bonchev–Trinajstić information content (AvgIpc) is 3.93. The lowest BCUT2D eigenvalue weighted by molar-refractivity contribution is -0.136. The minimum absolute atomic E-state index is 0.138. The number of nitrogens with one attached hydrogen (secondary N) is 1. The maximum Gasteiger partial charge on any atom is 0.319 e. The molecule has 360 valence electrons. The highest BCUT2D eigenvalue weighted by Crippen LogP contribution is 2.36. The van der Waals surface area contributed by atoms with Gasteiger partial charge in [0.2, 0.25) is 11.8 Å². The Hall–Kier alpha value is -6.59. The first kappa shape index (κ1) is 44.9. The number of rotatable bonds is 10. The molecule has 0 spiro atoms. The van der Waals surface area contributed by atoms with Crippen LogP contribution < -0.4 is 20.7 Å². The highest BCUT2D eigenvalue weighted by Gasteiger charge is 2.40. The first-order valence-corrected chi connectivity index (χ1v) is 25.0. The van der Waals surface area contributed by atoms with Gasteiger partial charge in [0.25, 0.3) is 5.91 Å². The molecule has 2 unspecified atom stereocenters. The molecule has 5 aromatic rings. The van der Waals surface area contributed by atoms with Crippen LogP contribution in [0.3, 0.4) is 0 Å². The van der Waals surface area contributed by atoms with Crippen molar-refractivity contribution in [2.45, 2.75) is 70.0 Å². The lowest BCUT2D eigenvalue weighted by Crippen LogP contribution is -2.52. The van der Waals surface area contributed by atoms with Gasteiger partial charge < -0.3 is 35.0 Å². The number of amides is 5. The molecule has 0 saturated carbocycles. The zero-order valence-corrected chi connectivity index (χ0v) is 39.3. The van der Waals surface area contributed by atoms with Crippen molar-refractivity contribution in [2.75, 3.05) is 89.2 Å². The SMILES string of the molecule is Nc1ncnc2c1c(-c1ccc(Oc3ccccc3)cc1)nn2C1CCCN(CC2CCN(C(=O)N3CCC(CN4CCN(c5ccc6c(c5)CN(C5CCC(=O)NC5=O)C6=O)CC4)CC3)CC2)C1. The second-order valence-corrected chi connectivity index (χ2v) is 19.9. The van der Waals surface area contributed by atoms with Crippen LogP contribution in [-0.4, -0.2) is 153 Å². The van der Waals surface area contributed by atoms with E-state index in [-0.39, 0.29) is 36.2 Å². The fourth-order valence-corrected chi connectivity index (χ4v) is 11.6. The van der Waals surface area contributed by atoms with Gasteiger partial charge in [-0.3, -0.25) is 24.6 Å². The smallest absolute Gasteiger partial charge is 0.319 e. The number of carbonyl (C=O) groups excluding carboxylic acids is 4. The summed E-state index contributed by atoms with van der Waals surface area (Å²) in [4.78, 5) is 73.6. The van der Waals surface area contributed by atoms with Crippen LogP contribution in [0.2, 0.25) is 0 Å². The Morgan fingerprint density at radius 2 is 1.43 bits per heavy atom. The number of urea groups is 1. The molecule has 0 bridgehead atoms. The number of nitrogens with zero attached hydrogens (tertiary/aromatic N) is 10. The molecule has 0 aliphatic carbocycles. The van der Waals surface area contributed by atoms with E-state index in [1.165, 1.54) is 6.33 Å². The van der Waals surface area contributed by atoms with E-state index in [0.717, 1.165) is 162 Å². The Balaban J connectivity index is 0.621. The number of nitrogens with two attached hydrogens (primary N) is 1. The third-order valence-electron chi connectivity index (χ3n) is 15.5. The number of hydrogen-bond acceptors (Lipinski definition) is 12. The van der Waals surface area contributed by atoms with Gasteiger partial charge in [-0.15, -0.1) is 0 Å². The van der Waals surface area contributed by atoms with E-state index >= 15 is 0 Å². The zero-order valence-electron chi connectivity index (χ0n) is 39.3. The minimum Gasteiger partial charge on any atom is -0.457 e. The van der Waals surface area contributed by atoms with E-state index in [1.807, 2.05) is 66.7 Å². The maximum atomic E-state index is 13.8. The number of fused-ring (bicyclic) bond motifs is 2. The number of likely N-dealkylation sites (tertiary alicyclic amines) is 3. The number of piperidine rings is 4. The summed E-state index contributed by atoms with van der Waals surface area (Å²) in [5.74, 6) is 2.27. The summed E-state index contributed by atoms with van der Waals surface area (Å²) < 4.78 is 8.12. The molecule has 2 atom stereocenters. The Kier molecular flexibility index (Phi) is 12.6. The third-order valence-corrected chi connectivity index (χ3v) is 15.5. The van der Waals surface area contributed by atoms with E-state index in [1.54, 1.807) is 4.90 Å². The van der Waals surface area contributed by atoms with Crippen LogP contribution in [0.5, 0.6) is 11.5 Å². The summed E-state index contributed by atoms with van der Waals surface area (Å²) in [5.41, 5.74) is 11.7. The summed E-state index contributed by atoms with van der Waals surface area (Å²) in [6.07, 6.45) is 8.33. The van der Waals surface area contributed by atoms with Gasteiger partial charge in [0.05, 0.1) is 11.4 Å². The number of hydrogen-bond donors (Lipinski definition) is 2. The molecule has 6 aliphatic heterocycles. The molecule has 3 aromatic carbocycles. The van der Waals surface area contributed by atoms with Crippen LogP contribution in [0.25, 0.3) is 22.3 Å². The predicted octanol–water partition coefficient (Wildman–Crippen LogP) is 5.63. The number of benzene rings is 3. The van der Waals surface area contributed by atoms with Crippen LogP contribution in [-0.2, 0) is 16.1 Å². The van der Waals surface area contributed by atoms with Gasteiger partial charge in [0, 0.05) is 102 Å². The monoisotopic (exact) mass is 934 g/mol. The molecule has 2 aromatic heterocycles. The van der Waals surface area contributed by atoms with E-state index in [9.17, 15) is 19.2 Å². The van der Waals surface area contributed by atoms with Crippen LogP contribution in [0.1, 0.15) is 73.3 Å². The number of para-hydroxylation sites is 1. The third kappa shape index (κ3) is 9.45. The first-order chi connectivity index (χ1) is 33.7. The van der Waals surface area contributed by atoms with Crippen molar-refractivity contribution in [1.82, 2.24) is 49.6 Å². The maximum absolute atomic E-state index is 13.8. The first-order valence-electron chi connectivity index (χ1n) is 25.0. The van der Waals surface area contributed by atoms with Crippen molar-refractivity contribution in [3.63, 3.8) is 0 Å². The highest BCUT2D eigenvalue weighted by atomic mass is 16.5. The normalized spacial score (nSPS) is 22.3. The quantitative estimate of drug-likeness (QED) is 0.165. The molecule has 8 heterocycles. The number of aromatic nitrogens is 4. The van der Waals surface area contributed by atoms with Crippen molar-refractivity contribution < 1.29 is 23.9 Å². The molecular formula is C52H62N12O5. The molecular weight excluding hydrogens is 873 g/mol. The fourth-order valence-electron chi connectivity index (χ4n) is 11.6. The van der Waals surface area contributed by atoms with Gasteiger partial charge >= 0.3 is 6.03 Å². The standard InChI is InChI=1S/C52H62N12O5/c53-48-46-47(37-8-11-42(12-9-37)69-41-6-2-1-3-7-41)57-64(49(46)55-34-54-48)40-5-4-20-59(33-40)31-36-18-23-62(24-19-36)52(68)61-21-16-35(17-22-61)30-58-25-27-60(28-26-58)39-10-13-43-38(29-39)32-63(51(43)67)44-14-15-45(65)56-50(44)66/h1-3,6-13,29,34-36,40,44H,4-5,14-28,30-33H2,(H2,53,54,55)(H,56,65,66). The van der Waals surface area contributed by atoms with Crippen molar-refractivity contribution in [3.05, 3.63) is 90.3 Å². The Morgan fingerprint density at radius 1 is 0.739 bits per heavy atom. The van der Waals surface area contributed by atoms with Crippen LogP contribution in [0, 0.1) is 11.8 Å². The summed E-state index contributed by atoms with van der Waals surface area (Å²) in [5, 5.41) is 8.34.